The first-order chi connectivity index (χ1) is 11.9. The van der Waals surface area contributed by atoms with Crippen molar-refractivity contribution >= 4 is 5.91 Å². The first kappa shape index (κ1) is 17.7. The summed E-state index contributed by atoms with van der Waals surface area (Å²) in [7, 11) is 0. The first-order valence-electron chi connectivity index (χ1n) is 9.15. The van der Waals surface area contributed by atoms with Gasteiger partial charge in [-0.1, -0.05) is 50.2 Å². The number of nitrogens with two attached hydrogens (primary N) is 1. The van der Waals surface area contributed by atoms with Crippen LogP contribution in [-0.2, 0) is 6.54 Å². The molecule has 1 aliphatic rings. The number of carbonyl (C=O) groups excluding carboxylic acids is 1. The lowest BCUT2D eigenvalue weighted by Crippen LogP contribution is -2.35. The van der Waals surface area contributed by atoms with E-state index in [-0.39, 0.29) is 5.91 Å². The van der Waals surface area contributed by atoms with E-state index in [4.69, 9.17) is 5.73 Å². The molecule has 0 saturated heterocycles. The molecule has 0 radical (unpaired) electrons. The highest BCUT2D eigenvalue weighted by Gasteiger charge is 2.26. The SMILES string of the molecule is CC1(C)CCC(NCc2ccc(-c3ccc(C(N)=O)cc3)cc2)CC1. The van der Waals surface area contributed by atoms with E-state index in [0.717, 1.165) is 17.7 Å². The second kappa shape index (κ2) is 7.40. The number of hydrogen-bond acceptors (Lipinski definition) is 2. The van der Waals surface area contributed by atoms with Gasteiger partial charge >= 0.3 is 0 Å². The predicted octanol–water partition coefficient (Wildman–Crippen LogP) is 4.51. The second-order valence-corrected chi connectivity index (χ2v) is 7.96. The van der Waals surface area contributed by atoms with Crippen LogP contribution < -0.4 is 11.1 Å². The molecule has 0 aliphatic heterocycles. The number of amides is 1. The molecule has 0 atom stereocenters. The van der Waals surface area contributed by atoms with Crippen molar-refractivity contribution in [3.63, 3.8) is 0 Å². The molecular formula is C22H28N2O. The maximum Gasteiger partial charge on any atom is 0.248 e. The lowest BCUT2D eigenvalue weighted by atomic mass is 9.75. The summed E-state index contributed by atoms with van der Waals surface area (Å²) in [6.07, 6.45) is 5.17. The Bertz CT molecular complexity index is 707. The average molecular weight is 336 g/mol. The van der Waals surface area contributed by atoms with E-state index in [1.165, 1.54) is 31.2 Å². The van der Waals surface area contributed by atoms with Crippen molar-refractivity contribution in [2.45, 2.75) is 52.1 Å². The molecule has 0 unspecified atom stereocenters. The quantitative estimate of drug-likeness (QED) is 0.844. The number of carbonyl (C=O) groups is 1. The molecule has 3 heteroatoms. The van der Waals surface area contributed by atoms with E-state index >= 15 is 0 Å². The van der Waals surface area contributed by atoms with Gasteiger partial charge in [0.05, 0.1) is 0 Å². The predicted molar refractivity (Wildman–Crippen MR) is 103 cm³/mol. The van der Waals surface area contributed by atoms with Crippen molar-refractivity contribution in [3.05, 3.63) is 59.7 Å². The lowest BCUT2D eigenvalue weighted by Gasteiger charge is -2.34. The molecule has 3 N–H and O–H groups in total. The average Bonchev–Trinajstić information content (AvgIpc) is 2.61. The Morgan fingerprint density at radius 3 is 2.04 bits per heavy atom. The minimum Gasteiger partial charge on any atom is -0.366 e. The molecule has 1 fully saturated rings. The van der Waals surface area contributed by atoms with E-state index in [9.17, 15) is 4.79 Å². The molecule has 25 heavy (non-hydrogen) atoms. The van der Waals surface area contributed by atoms with Crippen molar-refractivity contribution in [3.8, 4) is 11.1 Å². The Kier molecular flexibility index (Phi) is 5.24. The normalized spacial score (nSPS) is 17.4. The zero-order chi connectivity index (χ0) is 17.9. The molecule has 0 spiro atoms. The Balaban J connectivity index is 1.56. The minimum atomic E-state index is -0.390. The summed E-state index contributed by atoms with van der Waals surface area (Å²) < 4.78 is 0. The molecular weight excluding hydrogens is 308 g/mol. The summed E-state index contributed by atoms with van der Waals surface area (Å²) in [5, 5.41) is 3.70. The standard InChI is InChI=1S/C22H28N2O/c1-22(2)13-11-20(12-14-22)24-15-16-3-5-17(6-4-16)18-7-9-19(10-8-18)21(23)25/h3-10,20,24H,11-15H2,1-2H3,(H2,23,25). The van der Waals surface area contributed by atoms with Crippen LogP contribution in [0.1, 0.15) is 55.5 Å². The van der Waals surface area contributed by atoms with Gasteiger partial charge in [0.1, 0.15) is 0 Å². The molecule has 132 valence electrons. The van der Waals surface area contributed by atoms with E-state index in [1.807, 2.05) is 12.1 Å². The number of primary amides is 1. The topological polar surface area (TPSA) is 55.1 Å². The van der Waals surface area contributed by atoms with Gasteiger partial charge in [-0.05, 0) is 59.9 Å². The summed E-state index contributed by atoms with van der Waals surface area (Å²) in [4.78, 5) is 11.1. The third kappa shape index (κ3) is 4.70. The third-order valence-electron chi connectivity index (χ3n) is 5.39. The molecule has 0 aromatic heterocycles. The van der Waals surface area contributed by atoms with Crippen LogP contribution in [0.3, 0.4) is 0 Å². The number of hydrogen-bond donors (Lipinski definition) is 2. The van der Waals surface area contributed by atoms with Crippen molar-refractivity contribution < 1.29 is 4.79 Å². The van der Waals surface area contributed by atoms with E-state index in [1.54, 1.807) is 12.1 Å². The second-order valence-electron chi connectivity index (χ2n) is 7.96. The molecule has 0 heterocycles. The number of rotatable bonds is 5. The monoisotopic (exact) mass is 336 g/mol. The fraction of sp³-hybridized carbons (Fsp3) is 0.409. The fourth-order valence-electron chi connectivity index (χ4n) is 3.51. The van der Waals surface area contributed by atoms with Gasteiger partial charge in [0.2, 0.25) is 5.91 Å². The molecule has 3 nitrogen and oxygen atoms in total. The van der Waals surface area contributed by atoms with Crippen LogP contribution >= 0.6 is 0 Å². The van der Waals surface area contributed by atoms with Gasteiger partial charge in [0, 0.05) is 18.2 Å². The summed E-state index contributed by atoms with van der Waals surface area (Å²) >= 11 is 0. The maximum atomic E-state index is 11.1. The Morgan fingerprint density at radius 1 is 1.00 bits per heavy atom. The summed E-state index contributed by atoms with van der Waals surface area (Å²) in [6, 6.07) is 16.7. The van der Waals surface area contributed by atoms with Gasteiger partial charge in [-0.3, -0.25) is 4.79 Å². The molecule has 3 rings (SSSR count). The fourth-order valence-corrected chi connectivity index (χ4v) is 3.51. The minimum absolute atomic E-state index is 0.390. The van der Waals surface area contributed by atoms with Gasteiger partial charge in [-0.15, -0.1) is 0 Å². The van der Waals surface area contributed by atoms with Crippen LogP contribution in [0.25, 0.3) is 11.1 Å². The third-order valence-corrected chi connectivity index (χ3v) is 5.39. The van der Waals surface area contributed by atoms with Crippen LogP contribution in [0.5, 0.6) is 0 Å². The van der Waals surface area contributed by atoms with Gasteiger partial charge in [-0.2, -0.15) is 0 Å². The smallest absolute Gasteiger partial charge is 0.248 e. The van der Waals surface area contributed by atoms with Crippen LogP contribution in [0, 0.1) is 5.41 Å². The van der Waals surface area contributed by atoms with Crippen LogP contribution in [0.4, 0.5) is 0 Å². The highest BCUT2D eigenvalue weighted by atomic mass is 16.1. The highest BCUT2D eigenvalue weighted by molar-refractivity contribution is 5.93. The van der Waals surface area contributed by atoms with E-state index in [2.05, 4.69) is 43.4 Å². The number of benzene rings is 2. The summed E-state index contributed by atoms with van der Waals surface area (Å²) in [6.45, 7) is 5.67. The Labute approximate surface area is 150 Å². The van der Waals surface area contributed by atoms with Crippen LogP contribution in [0.15, 0.2) is 48.5 Å². The summed E-state index contributed by atoms with van der Waals surface area (Å²) in [5.41, 5.74) is 9.90. The largest absolute Gasteiger partial charge is 0.366 e. The van der Waals surface area contributed by atoms with Gasteiger partial charge in [0.25, 0.3) is 0 Å². The van der Waals surface area contributed by atoms with Gasteiger partial charge in [-0.25, -0.2) is 0 Å². The van der Waals surface area contributed by atoms with Crippen molar-refractivity contribution in [1.29, 1.82) is 0 Å². The zero-order valence-electron chi connectivity index (χ0n) is 15.2. The van der Waals surface area contributed by atoms with Crippen molar-refractivity contribution in [2.75, 3.05) is 0 Å². The molecule has 1 aliphatic carbocycles. The van der Waals surface area contributed by atoms with E-state index < -0.39 is 0 Å². The van der Waals surface area contributed by atoms with Crippen LogP contribution in [-0.4, -0.2) is 11.9 Å². The van der Waals surface area contributed by atoms with Crippen molar-refractivity contribution in [2.24, 2.45) is 11.1 Å². The first-order valence-corrected chi connectivity index (χ1v) is 9.15. The number of nitrogens with one attached hydrogen (secondary N) is 1. The van der Waals surface area contributed by atoms with E-state index in [0.29, 0.717) is 17.0 Å². The van der Waals surface area contributed by atoms with Gasteiger partial charge in [0.15, 0.2) is 0 Å². The lowest BCUT2D eigenvalue weighted by molar-refractivity contribution is 0.100. The Morgan fingerprint density at radius 2 is 1.52 bits per heavy atom. The van der Waals surface area contributed by atoms with Gasteiger partial charge < -0.3 is 11.1 Å². The van der Waals surface area contributed by atoms with Crippen LogP contribution in [0.2, 0.25) is 0 Å². The molecule has 1 saturated carbocycles. The molecule has 0 bridgehead atoms. The molecule has 2 aromatic carbocycles. The highest BCUT2D eigenvalue weighted by Crippen LogP contribution is 2.35. The van der Waals surface area contributed by atoms with Crippen molar-refractivity contribution in [1.82, 2.24) is 5.32 Å². The molecule has 2 aromatic rings. The molecule has 1 amide bonds. The maximum absolute atomic E-state index is 11.1. The zero-order valence-corrected chi connectivity index (χ0v) is 15.2. The summed E-state index contributed by atoms with van der Waals surface area (Å²) in [5.74, 6) is -0.390. The Hall–Kier alpha value is -2.13.